The summed E-state index contributed by atoms with van der Waals surface area (Å²) in [7, 11) is 0. The van der Waals surface area contributed by atoms with Crippen LogP contribution < -0.4 is 0 Å². The third kappa shape index (κ3) is 5.19. The fraction of sp³-hybridized carbons (Fsp3) is 0.533. The van der Waals surface area contributed by atoms with Gasteiger partial charge in [-0.15, -0.1) is 0 Å². The third-order valence-electron chi connectivity index (χ3n) is 8.01. The first-order valence-corrected chi connectivity index (χ1v) is 13.5. The number of hydrogen-bond acceptors (Lipinski definition) is 3. The SMILES string of the molecule is Cc1cc(-c2[nH]c3ccc(C4CCN(C(=O)CN5CCC(F)CC5)CC4)cc3c2C(C)C)cc(C)n1. The van der Waals surface area contributed by atoms with E-state index in [9.17, 15) is 9.18 Å². The van der Waals surface area contributed by atoms with Crippen LogP contribution in [0.15, 0.2) is 30.3 Å². The highest BCUT2D eigenvalue weighted by Crippen LogP contribution is 2.38. The van der Waals surface area contributed by atoms with E-state index < -0.39 is 6.17 Å². The summed E-state index contributed by atoms with van der Waals surface area (Å²) >= 11 is 0. The van der Waals surface area contributed by atoms with Gasteiger partial charge in [0.05, 0.1) is 12.2 Å². The molecule has 4 heterocycles. The van der Waals surface area contributed by atoms with Gasteiger partial charge in [0, 0.05) is 54.0 Å². The summed E-state index contributed by atoms with van der Waals surface area (Å²) < 4.78 is 13.4. The summed E-state index contributed by atoms with van der Waals surface area (Å²) in [5.74, 6) is 1.05. The molecule has 0 atom stereocenters. The Bertz CT molecular complexity index is 1210. The van der Waals surface area contributed by atoms with E-state index in [1.54, 1.807) is 0 Å². The topological polar surface area (TPSA) is 52.2 Å². The molecular formula is C30H39FN4O. The van der Waals surface area contributed by atoms with Crippen LogP contribution in [0.25, 0.3) is 22.2 Å². The van der Waals surface area contributed by atoms with Crippen molar-refractivity contribution in [1.29, 1.82) is 0 Å². The smallest absolute Gasteiger partial charge is 0.236 e. The number of fused-ring (bicyclic) bond motifs is 1. The first-order valence-electron chi connectivity index (χ1n) is 13.5. The lowest BCUT2D eigenvalue weighted by atomic mass is 9.87. The summed E-state index contributed by atoms with van der Waals surface area (Å²) in [5.41, 5.74) is 8.37. The number of nitrogens with zero attached hydrogens (tertiary/aromatic N) is 3. The number of benzene rings is 1. The van der Waals surface area contributed by atoms with Crippen molar-refractivity contribution in [1.82, 2.24) is 19.8 Å². The number of likely N-dealkylation sites (tertiary alicyclic amines) is 2. The second-order valence-electron chi connectivity index (χ2n) is 11.1. The first-order chi connectivity index (χ1) is 17.3. The van der Waals surface area contributed by atoms with Gasteiger partial charge < -0.3 is 9.88 Å². The predicted molar refractivity (Wildman–Crippen MR) is 144 cm³/mol. The van der Waals surface area contributed by atoms with Crippen LogP contribution in [0, 0.1) is 13.8 Å². The van der Waals surface area contributed by atoms with Crippen molar-refractivity contribution < 1.29 is 9.18 Å². The van der Waals surface area contributed by atoms with Crippen LogP contribution >= 0.6 is 0 Å². The number of pyridine rings is 1. The Labute approximate surface area is 214 Å². The Morgan fingerprint density at radius 3 is 2.33 bits per heavy atom. The van der Waals surface area contributed by atoms with Gasteiger partial charge in [-0.2, -0.15) is 0 Å². The summed E-state index contributed by atoms with van der Waals surface area (Å²) in [5, 5.41) is 1.30. The molecule has 1 aromatic carbocycles. The maximum Gasteiger partial charge on any atom is 0.236 e. The van der Waals surface area contributed by atoms with E-state index in [-0.39, 0.29) is 5.91 Å². The monoisotopic (exact) mass is 490 g/mol. The van der Waals surface area contributed by atoms with Crippen molar-refractivity contribution in [2.24, 2.45) is 0 Å². The van der Waals surface area contributed by atoms with Gasteiger partial charge in [0.2, 0.25) is 5.91 Å². The molecule has 1 N–H and O–H groups in total. The molecule has 2 saturated heterocycles. The minimum Gasteiger partial charge on any atom is -0.354 e. The number of H-pyrrole nitrogens is 1. The molecule has 0 aliphatic carbocycles. The van der Waals surface area contributed by atoms with Gasteiger partial charge in [-0.05, 0) is 86.8 Å². The lowest BCUT2D eigenvalue weighted by molar-refractivity contribution is -0.133. The highest BCUT2D eigenvalue weighted by atomic mass is 19.1. The number of piperidine rings is 2. The van der Waals surface area contributed by atoms with E-state index in [4.69, 9.17) is 0 Å². The summed E-state index contributed by atoms with van der Waals surface area (Å²) in [4.78, 5) is 25.2. The molecule has 2 aliphatic heterocycles. The van der Waals surface area contributed by atoms with Gasteiger partial charge in [-0.25, -0.2) is 4.39 Å². The molecule has 0 saturated carbocycles. The molecule has 6 heteroatoms. The number of carbonyl (C=O) groups excluding carboxylic acids is 1. The van der Waals surface area contributed by atoms with Crippen molar-refractivity contribution in [3.05, 3.63) is 52.8 Å². The molecule has 2 aromatic heterocycles. The van der Waals surface area contributed by atoms with Gasteiger partial charge in [-0.3, -0.25) is 14.7 Å². The molecule has 192 valence electrons. The zero-order valence-corrected chi connectivity index (χ0v) is 22.1. The second-order valence-corrected chi connectivity index (χ2v) is 11.1. The molecule has 0 radical (unpaired) electrons. The molecule has 1 amide bonds. The molecule has 3 aromatic rings. The molecule has 5 rings (SSSR count). The number of carbonyl (C=O) groups is 1. The van der Waals surface area contributed by atoms with E-state index in [2.05, 4.69) is 72.9 Å². The number of alkyl halides is 1. The molecule has 0 spiro atoms. The normalized spacial score (nSPS) is 18.4. The highest BCUT2D eigenvalue weighted by molar-refractivity contribution is 5.92. The fourth-order valence-corrected chi connectivity index (χ4v) is 6.10. The molecule has 0 bridgehead atoms. The van der Waals surface area contributed by atoms with Crippen molar-refractivity contribution in [2.45, 2.75) is 71.4 Å². The second kappa shape index (κ2) is 10.3. The number of halogens is 1. The van der Waals surface area contributed by atoms with Crippen LogP contribution in [0.2, 0.25) is 0 Å². The van der Waals surface area contributed by atoms with Crippen LogP contribution in [0.3, 0.4) is 0 Å². The zero-order chi connectivity index (χ0) is 25.4. The molecular weight excluding hydrogens is 451 g/mol. The zero-order valence-electron chi connectivity index (χ0n) is 22.1. The first kappa shape index (κ1) is 24.9. The molecule has 5 nitrogen and oxygen atoms in total. The average Bonchev–Trinajstić information content (AvgIpc) is 3.24. The van der Waals surface area contributed by atoms with Crippen LogP contribution in [0.5, 0.6) is 0 Å². The van der Waals surface area contributed by atoms with E-state index >= 15 is 0 Å². The Morgan fingerprint density at radius 2 is 1.69 bits per heavy atom. The number of hydrogen-bond donors (Lipinski definition) is 1. The highest BCUT2D eigenvalue weighted by Gasteiger charge is 2.27. The predicted octanol–water partition coefficient (Wildman–Crippen LogP) is 6.11. The molecule has 36 heavy (non-hydrogen) atoms. The Morgan fingerprint density at radius 1 is 1.03 bits per heavy atom. The molecule has 2 aliphatic rings. The van der Waals surface area contributed by atoms with Crippen molar-refractivity contribution in [3.63, 3.8) is 0 Å². The number of rotatable bonds is 5. The maximum atomic E-state index is 13.4. The number of aryl methyl sites for hydroxylation is 2. The van der Waals surface area contributed by atoms with Crippen molar-refractivity contribution >= 4 is 16.8 Å². The van der Waals surface area contributed by atoms with Gasteiger partial charge in [0.25, 0.3) is 0 Å². The van der Waals surface area contributed by atoms with Gasteiger partial charge >= 0.3 is 0 Å². The van der Waals surface area contributed by atoms with Crippen molar-refractivity contribution in [3.8, 4) is 11.3 Å². The summed E-state index contributed by atoms with van der Waals surface area (Å²) in [6.45, 7) is 12.0. The van der Waals surface area contributed by atoms with E-state index in [1.165, 1.54) is 33.3 Å². The van der Waals surface area contributed by atoms with E-state index in [0.29, 0.717) is 44.3 Å². The maximum absolute atomic E-state index is 13.4. The molecule has 2 fully saturated rings. The van der Waals surface area contributed by atoms with Crippen LogP contribution in [-0.4, -0.2) is 64.6 Å². The largest absolute Gasteiger partial charge is 0.354 e. The number of aromatic nitrogens is 2. The lowest BCUT2D eigenvalue weighted by Crippen LogP contribution is -2.46. The van der Waals surface area contributed by atoms with E-state index in [1.807, 2.05) is 4.90 Å². The van der Waals surface area contributed by atoms with Crippen LogP contribution in [0.1, 0.15) is 73.9 Å². The van der Waals surface area contributed by atoms with Gasteiger partial charge in [0.15, 0.2) is 0 Å². The van der Waals surface area contributed by atoms with Crippen LogP contribution in [-0.2, 0) is 4.79 Å². The molecule has 0 unspecified atom stereocenters. The summed E-state index contributed by atoms with van der Waals surface area (Å²) in [6, 6.07) is 11.2. The standard InChI is InChI=1S/C30H39FN4O/c1-19(2)29-26-17-23(5-6-27(26)33-30(29)24-15-20(3)32-21(4)16-24)22-7-13-35(14-8-22)28(36)18-34-11-9-25(31)10-12-34/h5-6,15-17,19,22,25,33H,7-14,18H2,1-4H3. The Hall–Kier alpha value is -2.73. The fourth-order valence-electron chi connectivity index (χ4n) is 6.10. The lowest BCUT2D eigenvalue weighted by Gasteiger charge is -2.35. The van der Waals surface area contributed by atoms with Gasteiger partial charge in [0.1, 0.15) is 6.17 Å². The number of nitrogens with one attached hydrogen (secondary N) is 1. The third-order valence-corrected chi connectivity index (χ3v) is 8.01. The number of aromatic amines is 1. The quantitative estimate of drug-likeness (QED) is 0.469. The van der Waals surface area contributed by atoms with Crippen LogP contribution in [0.4, 0.5) is 4.39 Å². The average molecular weight is 491 g/mol. The summed E-state index contributed by atoms with van der Waals surface area (Å²) in [6.07, 6.45) is 2.38. The minimum absolute atomic E-state index is 0.196. The minimum atomic E-state index is -0.699. The van der Waals surface area contributed by atoms with E-state index in [0.717, 1.165) is 37.3 Å². The number of amides is 1. The van der Waals surface area contributed by atoms with Gasteiger partial charge in [-0.1, -0.05) is 19.9 Å². The Kier molecular flexibility index (Phi) is 7.16. The Balaban J connectivity index is 1.32. The van der Waals surface area contributed by atoms with Crippen molar-refractivity contribution in [2.75, 3.05) is 32.7 Å².